The smallest absolute Gasteiger partial charge is 0.146 e. The summed E-state index contributed by atoms with van der Waals surface area (Å²) in [5.74, 6) is 0.152. The molecule has 2 rings (SSSR count). The molecule has 0 aliphatic carbocycles. The molecule has 0 aromatic carbocycles. The molecule has 1 unspecified atom stereocenters. The van der Waals surface area contributed by atoms with E-state index in [9.17, 15) is 0 Å². The maximum atomic E-state index is 8.98. The lowest BCUT2D eigenvalue weighted by atomic mass is 10.0. The summed E-state index contributed by atoms with van der Waals surface area (Å²) in [4.78, 5) is 7.80. The highest BCUT2D eigenvalue weighted by Gasteiger charge is 2.16. The fraction of sp³-hybridized carbons (Fsp3) is 0.100. The van der Waals surface area contributed by atoms with Crippen LogP contribution in [0.1, 0.15) is 17.4 Å². The van der Waals surface area contributed by atoms with E-state index in [-0.39, 0.29) is 0 Å². The van der Waals surface area contributed by atoms with E-state index in [0.29, 0.717) is 11.5 Å². The van der Waals surface area contributed by atoms with E-state index in [1.807, 2.05) is 0 Å². The van der Waals surface area contributed by atoms with Gasteiger partial charge in [0.15, 0.2) is 0 Å². The SMILES string of the molecule is N#CC(c1ccncn1)c1ccco1. The van der Waals surface area contributed by atoms with E-state index in [0.717, 1.165) is 0 Å². The molecule has 0 amide bonds. The van der Waals surface area contributed by atoms with Crippen molar-refractivity contribution in [1.82, 2.24) is 9.97 Å². The predicted molar refractivity (Wildman–Crippen MR) is 48.2 cm³/mol. The van der Waals surface area contributed by atoms with E-state index < -0.39 is 5.92 Å². The van der Waals surface area contributed by atoms with E-state index >= 15 is 0 Å². The number of furan rings is 1. The van der Waals surface area contributed by atoms with Crippen molar-refractivity contribution in [3.8, 4) is 6.07 Å². The molecule has 0 spiro atoms. The van der Waals surface area contributed by atoms with Crippen LogP contribution >= 0.6 is 0 Å². The van der Waals surface area contributed by atoms with Crippen LogP contribution in [-0.4, -0.2) is 9.97 Å². The summed E-state index contributed by atoms with van der Waals surface area (Å²) in [7, 11) is 0. The van der Waals surface area contributed by atoms with Crippen LogP contribution in [0.2, 0.25) is 0 Å². The van der Waals surface area contributed by atoms with Crippen molar-refractivity contribution in [1.29, 1.82) is 5.26 Å². The predicted octanol–water partition coefficient (Wildman–Crippen LogP) is 1.73. The second-order valence-electron chi connectivity index (χ2n) is 2.71. The van der Waals surface area contributed by atoms with Gasteiger partial charge in [-0.1, -0.05) is 0 Å². The van der Waals surface area contributed by atoms with Gasteiger partial charge < -0.3 is 4.42 Å². The first kappa shape index (κ1) is 8.45. The first-order valence-electron chi connectivity index (χ1n) is 4.11. The zero-order valence-electron chi connectivity index (χ0n) is 7.29. The molecule has 68 valence electrons. The Morgan fingerprint density at radius 2 is 2.36 bits per heavy atom. The third kappa shape index (κ3) is 1.48. The summed E-state index contributed by atoms with van der Waals surface area (Å²) in [6, 6.07) is 7.35. The van der Waals surface area contributed by atoms with Crippen LogP contribution in [0.3, 0.4) is 0 Å². The molecule has 4 nitrogen and oxygen atoms in total. The summed E-state index contributed by atoms with van der Waals surface area (Å²) in [5, 5.41) is 8.98. The lowest BCUT2D eigenvalue weighted by Gasteiger charge is -2.03. The van der Waals surface area contributed by atoms with Crippen molar-refractivity contribution < 1.29 is 4.42 Å². The van der Waals surface area contributed by atoms with Gasteiger partial charge in [-0.2, -0.15) is 5.26 Å². The normalized spacial score (nSPS) is 11.9. The molecule has 0 fully saturated rings. The van der Waals surface area contributed by atoms with Crippen LogP contribution in [-0.2, 0) is 0 Å². The van der Waals surface area contributed by atoms with Gasteiger partial charge in [0.1, 0.15) is 18.0 Å². The second kappa shape index (κ2) is 3.71. The summed E-state index contributed by atoms with van der Waals surface area (Å²) in [5.41, 5.74) is 0.650. The van der Waals surface area contributed by atoms with Crippen LogP contribution in [0.4, 0.5) is 0 Å². The topological polar surface area (TPSA) is 62.7 Å². The van der Waals surface area contributed by atoms with Crippen LogP contribution in [0, 0.1) is 11.3 Å². The molecule has 0 aliphatic heterocycles. The zero-order chi connectivity index (χ0) is 9.80. The van der Waals surface area contributed by atoms with Crippen molar-refractivity contribution in [2.75, 3.05) is 0 Å². The van der Waals surface area contributed by atoms with Gasteiger partial charge in [0.05, 0.1) is 18.0 Å². The summed E-state index contributed by atoms with van der Waals surface area (Å²) >= 11 is 0. The largest absolute Gasteiger partial charge is 0.468 e. The lowest BCUT2D eigenvalue weighted by molar-refractivity contribution is 0.506. The van der Waals surface area contributed by atoms with Crippen LogP contribution in [0.5, 0.6) is 0 Å². The fourth-order valence-electron chi connectivity index (χ4n) is 1.20. The second-order valence-corrected chi connectivity index (χ2v) is 2.71. The molecule has 0 aliphatic rings. The minimum absolute atomic E-state index is 0.451. The van der Waals surface area contributed by atoms with Crippen LogP contribution in [0.15, 0.2) is 41.4 Å². The van der Waals surface area contributed by atoms with E-state index in [1.54, 1.807) is 30.7 Å². The number of rotatable bonds is 2. The average molecular weight is 185 g/mol. The van der Waals surface area contributed by atoms with Crippen molar-refractivity contribution >= 4 is 0 Å². The van der Waals surface area contributed by atoms with Gasteiger partial charge in [-0.3, -0.25) is 0 Å². The number of hydrogen-bond acceptors (Lipinski definition) is 4. The first-order valence-corrected chi connectivity index (χ1v) is 4.11. The van der Waals surface area contributed by atoms with Gasteiger partial charge in [-0.25, -0.2) is 9.97 Å². The van der Waals surface area contributed by atoms with E-state index in [4.69, 9.17) is 9.68 Å². The Balaban J connectivity index is 2.38. The van der Waals surface area contributed by atoms with Gasteiger partial charge in [0.2, 0.25) is 0 Å². The molecule has 2 aromatic heterocycles. The first-order chi connectivity index (χ1) is 6.92. The molecule has 0 N–H and O–H groups in total. The molecule has 0 bridgehead atoms. The molecular formula is C10H7N3O. The third-order valence-corrected chi connectivity index (χ3v) is 1.86. The highest BCUT2D eigenvalue weighted by molar-refractivity contribution is 5.27. The van der Waals surface area contributed by atoms with E-state index in [1.165, 1.54) is 6.33 Å². The van der Waals surface area contributed by atoms with Gasteiger partial charge >= 0.3 is 0 Å². The van der Waals surface area contributed by atoms with Crippen molar-refractivity contribution in [3.63, 3.8) is 0 Å². The summed E-state index contributed by atoms with van der Waals surface area (Å²) in [6.07, 6.45) is 4.57. The highest BCUT2D eigenvalue weighted by Crippen LogP contribution is 2.21. The average Bonchev–Trinajstić information content (AvgIpc) is 2.74. The highest BCUT2D eigenvalue weighted by atomic mass is 16.3. The molecule has 2 aromatic rings. The summed E-state index contributed by atoms with van der Waals surface area (Å²) in [6.45, 7) is 0. The standard InChI is InChI=1S/C10H7N3O/c11-6-8(10-2-1-5-14-10)9-3-4-12-7-13-9/h1-5,7-8H. The Morgan fingerprint density at radius 3 is 2.93 bits per heavy atom. The Labute approximate surface area is 80.8 Å². The molecule has 0 saturated carbocycles. The van der Waals surface area contributed by atoms with E-state index in [2.05, 4.69) is 16.0 Å². The monoisotopic (exact) mass is 185 g/mol. The molecule has 0 saturated heterocycles. The number of nitrogens with zero attached hydrogens (tertiary/aromatic N) is 3. The zero-order valence-corrected chi connectivity index (χ0v) is 7.29. The van der Waals surface area contributed by atoms with Gasteiger partial charge in [-0.05, 0) is 18.2 Å². The van der Waals surface area contributed by atoms with Crippen LogP contribution in [0.25, 0.3) is 0 Å². The molecule has 1 atom stereocenters. The Kier molecular flexibility index (Phi) is 2.24. The van der Waals surface area contributed by atoms with Gasteiger partial charge in [0, 0.05) is 6.20 Å². The minimum Gasteiger partial charge on any atom is -0.468 e. The Hall–Kier alpha value is -2.15. The maximum Gasteiger partial charge on any atom is 0.146 e. The summed E-state index contributed by atoms with van der Waals surface area (Å²) < 4.78 is 5.16. The third-order valence-electron chi connectivity index (χ3n) is 1.86. The van der Waals surface area contributed by atoms with Crippen LogP contribution < -0.4 is 0 Å². The number of aromatic nitrogens is 2. The Bertz CT molecular complexity index is 430. The lowest BCUT2D eigenvalue weighted by Crippen LogP contribution is -1.99. The van der Waals surface area contributed by atoms with Gasteiger partial charge in [0.25, 0.3) is 0 Å². The number of nitriles is 1. The molecule has 14 heavy (non-hydrogen) atoms. The van der Waals surface area contributed by atoms with Crippen molar-refractivity contribution in [3.05, 3.63) is 48.4 Å². The van der Waals surface area contributed by atoms with Crippen molar-refractivity contribution in [2.24, 2.45) is 0 Å². The maximum absolute atomic E-state index is 8.98. The minimum atomic E-state index is -0.451. The molecular weight excluding hydrogens is 178 g/mol. The quantitative estimate of drug-likeness (QED) is 0.714. The molecule has 0 radical (unpaired) electrons. The number of hydrogen-bond donors (Lipinski definition) is 0. The molecule has 4 heteroatoms. The molecule has 2 heterocycles. The fourth-order valence-corrected chi connectivity index (χ4v) is 1.20. The van der Waals surface area contributed by atoms with Crippen molar-refractivity contribution in [2.45, 2.75) is 5.92 Å². The van der Waals surface area contributed by atoms with Gasteiger partial charge in [-0.15, -0.1) is 0 Å². The Morgan fingerprint density at radius 1 is 1.43 bits per heavy atom.